The van der Waals surface area contributed by atoms with Gasteiger partial charge in [0.05, 0.1) is 16.4 Å². The SMILES string of the molecule is CCN(CC)S(=O)(=O)c1ccc(N[C@H](C)COC)c([N+](=O)[O-])c1. The largest absolute Gasteiger partial charge is 0.383 e. The average molecular weight is 345 g/mol. The summed E-state index contributed by atoms with van der Waals surface area (Å²) in [6, 6.07) is 3.74. The first-order chi connectivity index (χ1) is 10.8. The molecule has 8 nitrogen and oxygen atoms in total. The van der Waals surface area contributed by atoms with E-state index in [1.165, 1.54) is 23.5 Å². The fourth-order valence-electron chi connectivity index (χ4n) is 2.21. The van der Waals surface area contributed by atoms with E-state index in [1.807, 2.05) is 6.92 Å². The highest BCUT2D eigenvalue weighted by Gasteiger charge is 2.26. The topological polar surface area (TPSA) is 102 Å². The van der Waals surface area contributed by atoms with Gasteiger partial charge in [0, 0.05) is 32.3 Å². The predicted octanol–water partition coefficient (Wildman–Crippen LogP) is 2.07. The second-order valence-electron chi connectivity index (χ2n) is 5.03. The van der Waals surface area contributed by atoms with Crippen LogP contribution in [0.2, 0.25) is 0 Å². The number of nitro benzene ring substituents is 1. The Morgan fingerprint density at radius 1 is 1.35 bits per heavy atom. The highest BCUT2D eigenvalue weighted by Crippen LogP contribution is 2.29. The molecule has 1 atom stereocenters. The Bertz CT molecular complexity index is 644. The maximum atomic E-state index is 12.5. The van der Waals surface area contributed by atoms with Gasteiger partial charge >= 0.3 is 0 Å². The normalized spacial score (nSPS) is 13.1. The summed E-state index contributed by atoms with van der Waals surface area (Å²) in [4.78, 5) is 10.6. The molecule has 0 heterocycles. The lowest BCUT2D eigenvalue weighted by molar-refractivity contribution is -0.384. The molecule has 0 saturated carbocycles. The van der Waals surface area contributed by atoms with Gasteiger partial charge in [0.15, 0.2) is 0 Å². The molecule has 0 saturated heterocycles. The third kappa shape index (κ3) is 4.63. The number of methoxy groups -OCH3 is 1. The van der Waals surface area contributed by atoms with Crippen molar-refractivity contribution in [2.45, 2.75) is 31.7 Å². The lowest BCUT2D eigenvalue weighted by atomic mass is 10.2. The summed E-state index contributed by atoms with van der Waals surface area (Å²) in [7, 11) is -2.20. The van der Waals surface area contributed by atoms with Gasteiger partial charge in [-0.15, -0.1) is 0 Å². The number of anilines is 1. The van der Waals surface area contributed by atoms with Crippen molar-refractivity contribution in [3.8, 4) is 0 Å². The van der Waals surface area contributed by atoms with Gasteiger partial charge < -0.3 is 10.1 Å². The number of nitrogens with zero attached hydrogens (tertiary/aromatic N) is 2. The summed E-state index contributed by atoms with van der Waals surface area (Å²) in [5.41, 5.74) is -0.0146. The van der Waals surface area contributed by atoms with Crippen LogP contribution in [-0.4, -0.2) is 50.5 Å². The van der Waals surface area contributed by atoms with Gasteiger partial charge in [0.2, 0.25) is 10.0 Å². The monoisotopic (exact) mass is 345 g/mol. The van der Waals surface area contributed by atoms with Crippen molar-refractivity contribution in [1.29, 1.82) is 0 Å². The molecular formula is C14H23N3O5S. The van der Waals surface area contributed by atoms with Crippen LogP contribution in [0.25, 0.3) is 0 Å². The third-order valence-electron chi connectivity index (χ3n) is 3.33. The number of hydrogen-bond donors (Lipinski definition) is 1. The first kappa shape index (κ1) is 19.3. The Balaban J connectivity index is 3.26. The van der Waals surface area contributed by atoms with Crippen LogP contribution >= 0.6 is 0 Å². The maximum absolute atomic E-state index is 12.5. The van der Waals surface area contributed by atoms with Gasteiger partial charge in [-0.3, -0.25) is 10.1 Å². The number of rotatable bonds is 9. The fourth-order valence-corrected chi connectivity index (χ4v) is 3.69. The van der Waals surface area contributed by atoms with Crippen molar-refractivity contribution >= 4 is 21.4 Å². The minimum absolute atomic E-state index is 0.0853. The number of sulfonamides is 1. The molecule has 0 amide bonds. The van der Waals surface area contributed by atoms with Crippen molar-refractivity contribution in [3.05, 3.63) is 28.3 Å². The van der Waals surface area contributed by atoms with Gasteiger partial charge in [0.1, 0.15) is 5.69 Å². The molecule has 9 heteroatoms. The average Bonchev–Trinajstić information content (AvgIpc) is 2.48. The van der Waals surface area contributed by atoms with E-state index < -0.39 is 14.9 Å². The van der Waals surface area contributed by atoms with Crippen molar-refractivity contribution in [2.24, 2.45) is 0 Å². The Labute approximate surface area is 136 Å². The molecule has 0 spiro atoms. The Hall–Kier alpha value is -1.71. The van der Waals surface area contributed by atoms with Crippen LogP contribution in [0.5, 0.6) is 0 Å². The zero-order valence-electron chi connectivity index (χ0n) is 13.8. The summed E-state index contributed by atoms with van der Waals surface area (Å²) in [6.07, 6.45) is 0. The molecule has 1 aromatic carbocycles. The van der Waals surface area contributed by atoms with Crippen LogP contribution < -0.4 is 5.32 Å². The lowest BCUT2D eigenvalue weighted by Gasteiger charge is -2.19. The van der Waals surface area contributed by atoms with Crippen molar-refractivity contribution < 1.29 is 18.1 Å². The Morgan fingerprint density at radius 2 is 1.96 bits per heavy atom. The van der Waals surface area contributed by atoms with E-state index in [0.29, 0.717) is 19.7 Å². The zero-order valence-corrected chi connectivity index (χ0v) is 14.6. The summed E-state index contributed by atoms with van der Waals surface area (Å²) in [5, 5.41) is 14.2. The molecule has 0 fully saturated rings. The summed E-state index contributed by atoms with van der Waals surface area (Å²) in [6.45, 7) is 6.23. The second-order valence-corrected chi connectivity index (χ2v) is 6.96. The van der Waals surface area contributed by atoms with Crippen LogP contribution in [0, 0.1) is 10.1 Å². The predicted molar refractivity (Wildman–Crippen MR) is 88.2 cm³/mol. The standard InChI is InChI=1S/C14H23N3O5S/c1-5-16(6-2)23(20,21)12-7-8-13(14(9-12)17(18)19)15-11(3)10-22-4/h7-9,11,15H,5-6,10H2,1-4H3/t11-/m1/s1. The number of hydrogen-bond acceptors (Lipinski definition) is 6. The molecule has 0 radical (unpaired) electrons. The molecule has 1 N–H and O–H groups in total. The Morgan fingerprint density at radius 3 is 2.43 bits per heavy atom. The van der Waals surface area contributed by atoms with E-state index in [1.54, 1.807) is 13.8 Å². The minimum Gasteiger partial charge on any atom is -0.383 e. The molecule has 0 aliphatic rings. The number of nitro groups is 1. The zero-order chi connectivity index (χ0) is 17.6. The van der Waals surface area contributed by atoms with Crippen LogP contribution in [0.3, 0.4) is 0 Å². The first-order valence-electron chi connectivity index (χ1n) is 7.31. The van der Waals surface area contributed by atoms with E-state index >= 15 is 0 Å². The highest BCUT2D eigenvalue weighted by molar-refractivity contribution is 7.89. The van der Waals surface area contributed by atoms with E-state index in [2.05, 4.69) is 5.32 Å². The van der Waals surface area contributed by atoms with E-state index in [0.717, 1.165) is 6.07 Å². The van der Waals surface area contributed by atoms with E-state index in [9.17, 15) is 18.5 Å². The van der Waals surface area contributed by atoms with Gasteiger partial charge in [-0.1, -0.05) is 13.8 Å². The van der Waals surface area contributed by atoms with Crippen LogP contribution in [-0.2, 0) is 14.8 Å². The molecule has 0 aromatic heterocycles. The van der Waals surface area contributed by atoms with Crippen LogP contribution in [0.15, 0.2) is 23.1 Å². The molecular weight excluding hydrogens is 322 g/mol. The van der Waals surface area contributed by atoms with Crippen molar-refractivity contribution in [2.75, 3.05) is 32.1 Å². The smallest absolute Gasteiger partial charge is 0.293 e. The molecule has 23 heavy (non-hydrogen) atoms. The molecule has 130 valence electrons. The van der Waals surface area contributed by atoms with Crippen molar-refractivity contribution in [1.82, 2.24) is 4.31 Å². The van der Waals surface area contributed by atoms with Gasteiger partial charge in [-0.05, 0) is 19.1 Å². The summed E-state index contributed by atoms with van der Waals surface area (Å²) in [5.74, 6) is 0. The quantitative estimate of drug-likeness (QED) is 0.543. The van der Waals surface area contributed by atoms with Crippen LogP contribution in [0.4, 0.5) is 11.4 Å². The molecule has 1 rings (SSSR count). The summed E-state index contributed by atoms with van der Waals surface area (Å²) < 4.78 is 31.2. The lowest BCUT2D eigenvalue weighted by Crippen LogP contribution is -2.30. The number of nitrogens with one attached hydrogen (secondary N) is 1. The molecule has 0 aliphatic heterocycles. The fraction of sp³-hybridized carbons (Fsp3) is 0.571. The van der Waals surface area contributed by atoms with Gasteiger partial charge in [-0.25, -0.2) is 8.42 Å². The van der Waals surface area contributed by atoms with E-state index in [-0.39, 0.29) is 22.3 Å². The number of ether oxygens (including phenoxy) is 1. The van der Waals surface area contributed by atoms with E-state index in [4.69, 9.17) is 4.74 Å². The van der Waals surface area contributed by atoms with Gasteiger partial charge in [-0.2, -0.15) is 4.31 Å². The third-order valence-corrected chi connectivity index (χ3v) is 5.37. The molecule has 0 unspecified atom stereocenters. The molecule has 0 bridgehead atoms. The first-order valence-corrected chi connectivity index (χ1v) is 8.75. The molecule has 1 aromatic rings. The summed E-state index contributed by atoms with van der Waals surface area (Å²) >= 11 is 0. The second kappa shape index (κ2) is 8.23. The highest BCUT2D eigenvalue weighted by atomic mass is 32.2. The van der Waals surface area contributed by atoms with Gasteiger partial charge in [0.25, 0.3) is 5.69 Å². The minimum atomic E-state index is -3.74. The van der Waals surface area contributed by atoms with Crippen molar-refractivity contribution in [3.63, 3.8) is 0 Å². The Kier molecular flexibility index (Phi) is 6.92. The number of benzene rings is 1. The molecule has 0 aliphatic carbocycles. The van der Waals surface area contributed by atoms with Crippen LogP contribution in [0.1, 0.15) is 20.8 Å². The maximum Gasteiger partial charge on any atom is 0.293 e.